The van der Waals surface area contributed by atoms with Gasteiger partial charge in [0.25, 0.3) is 5.91 Å². The van der Waals surface area contributed by atoms with Crippen molar-refractivity contribution in [1.29, 1.82) is 0 Å². The molecule has 0 fully saturated rings. The fourth-order valence-corrected chi connectivity index (χ4v) is 1.92. The summed E-state index contributed by atoms with van der Waals surface area (Å²) in [5, 5.41) is 3.35. The van der Waals surface area contributed by atoms with Crippen molar-refractivity contribution in [3.8, 4) is 5.75 Å². The van der Waals surface area contributed by atoms with Gasteiger partial charge in [-0.15, -0.1) is 0 Å². The van der Waals surface area contributed by atoms with E-state index in [1.807, 2.05) is 20.8 Å². The molecule has 2 amide bonds. The summed E-state index contributed by atoms with van der Waals surface area (Å²) in [7, 11) is 1.57. The Bertz CT molecular complexity index is 518. The topological polar surface area (TPSA) is 58.6 Å². The molecule has 1 N–H and O–H groups in total. The van der Waals surface area contributed by atoms with Crippen molar-refractivity contribution >= 4 is 23.4 Å². The molecular formula is C15H21ClN2O3. The summed E-state index contributed by atoms with van der Waals surface area (Å²) >= 11 is 5.85. The third kappa shape index (κ3) is 6.04. The van der Waals surface area contributed by atoms with Gasteiger partial charge in [-0.1, -0.05) is 11.6 Å². The Morgan fingerprint density at radius 1 is 1.38 bits per heavy atom. The zero-order chi connectivity index (χ0) is 16.0. The highest BCUT2D eigenvalue weighted by molar-refractivity contribution is 6.30. The molecule has 0 aliphatic carbocycles. The first-order valence-electron chi connectivity index (χ1n) is 6.72. The van der Waals surface area contributed by atoms with E-state index in [1.54, 1.807) is 25.2 Å². The second-order valence-electron chi connectivity index (χ2n) is 5.17. The molecule has 0 atom stereocenters. The fourth-order valence-electron chi connectivity index (χ4n) is 1.70. The van der Waals surface area contributed by atoms with Crippen LogP contribution in [0, 0.1) is 6.92 Å². The molecule has 0 spiro atoms. The maximum absolute atomic E-state index is 11.9. The van der Waals surface area contributed by atoms with Gasteiger partial charge in [-0.3, -0.25) is 9.59 Å². The third-order valence-corrected chi connectivity index (χ3v) is 2.98. The molecule has 0 radical (unpaired) electrons. The minimum atomic E-state index is -0.261. The van der Waals surface area contributed by atoms with Crippen LogP contribution in [0.1, 0.15) is 19.4 Å². The lowest BCUT2D eigenvalue weighted by molar-refractivity contribution is -0.136. The van der Waals surface area contributed by atoms with Crippen LogP contribution >= 0.6 is 11.6 Å². The van der Waals surface area contributed by atoms with E-state index in [-0.39, 0.29) is 31.0 Å². The van der Waals surface area contributed by atoms with Gasteiger partial charge < -0.3 is 15.0 Å². The Morgan fingerprint density at radius 2 is 2.05 bits per heavy atom. The molecule has 0 aliphatic heterocycles. The number of aryl methyl sites for hydroxylation is 1. The van der Waals surface area contributed by atoms with Crippen molar-refractivity contribution in [3.05, 3.63) is 28.8 Å². The van der Waals surface area contributed by atoms with E-state index in [0.29, 0.717) is 10.8 Å². The van der Waals surface area contributed by atoms with Crippen molar-refractivity contribution in [1.82, 2.24) is 10.2 Å². The summed E-state index contributed by atoms with van der Waals surface area (Å²) in [6, 6.07) is 5.24. The molecule has 5 nitrogen and oxygen atoms in total. The lowest BCUT2D eigenvalue weighted by Gasteiger charge is -2.18. The van der Waals surface area contributed by atoms with Gasteiger partial charge in [-0.05, 0) is 44.5 Å². The lowest BCUT2D eigenvalue weighted by atomic mass is 10.2. The minimum Gasteiger partial charge on any atom is -0.483 e. The van der Waals surface area contributed by atoms with E-state index in [1.165, 1.54) is 4.90 Å². The Balaban J connectivity index is 2.47. The maximum Gasteiger partial charge on any atom is 0.260 e. The van der Waals surface area contributed by atoms with Crippen LogP contribution in [-0.4, -0.2) is 43.0 Å². The zero-order valence-electron chi connectivity index (χ0n) is 12.8. The average molecular weight is 313 g/mol. The van der Waals surface area contributed by atoms with E-state index in [0.717, 1.165) is 5.56 Å². The molecule has 0 bridgehead atoms. The van der Waals surface area contributed by atoms with Crippen molar-refractivity contribution in [2.24, 2.45) is 0 Å². The van der Waals surface area contributed by atoms with Crippen LogP contribution < -0.4 is 10.1 Å². The number of carbonyl (C=O) groups is 2. The van der Waals surface area contributed by atoms with E-state index < -0.39 is 0 Å². The number of carbonyl (C=O) groups excluding carboxylic acids is 2. The molecule has 1 aromatic rings. The predicted molar refractivity (Wildman–Crippen MR) is 82.6 cm³/mol. The quantitative estimate of drug-likeness (QED) is 0.874. The van der Waals surface area contributed by atoms with Crippen molar-refractivity contribution in [2.75, 3.05) is 20.2 Å². The number of hydrogen-bond acceptors (Lipinski definition) is 3. The van der Waals surface area contributed by atoms with Gasteiger partial charge in [0.05, 0.1) is 6.54 Å². The summed E-state index contributed by atoms with van der Waals surface area (Å²) in [5.74, 6) is 0.152. The number of halogens is 1. The second kappa shape index (κ2) is 7.88. The van der Waals surface area contributed by atoms with Gasteiger partial charge in [0, 0.05) is 18.1 Å². The molecule has 0 heterocycles. The highest BCUT2D eigenvalue weighted by atomic mass is 35.5. The maximum atomic E-state index is 11.9. The van der Waals surface area contributed by atoms with Crippen LogP contribution in [0.15, 0.2) is 18.2 Å². The summed E-state index contributed by atoms with van der Waals surface area (Å²) < 4.78 is 5.46. The van der Waals surface area contributed by atoms with E-state index in [4.69, 9.17) is 16.3 Å². The number of rotatable bonds is 6. The summed E-state index contributed by atoms with van der Waals surface area (Å²) in [4.78, 5) is 24.8. The molecule has 6 heteroatoms. The molecular weight excluding hydrogens is 292 g/mol. The van der Waals surface area contributed by atoms with Gasteiger partial charge >= 0.3 is 0 Å². The van der Waals surface area contributed by atoms with Crippen LogP contribution in [0.5, 0.6) is 5.75 Å². The van der Waals surface area contributed by atoms with Gasteiger partial charge in [0.1, 0.15) is 5.75 Å². The minimum absolute atomic E-state index is 0.0139. The van der Waals surface area contributed by atoms with Crippen molar-refractivity contribution in [2.45, 2.75) is 26.8 Å². The van der Waals surface area contributed by atoms with Gasteiger partial charge in [0.15, 0.2) is 6.61 Å². The Kier molecular flexibility index (Phi) is 6.49. The average Bonchev–Trinajstić information content (AvgIpc) is 2.36. The number of likely N-dealkylation sites (N-methyl/N-ethyl adjacent to an activating group) is 1. The number of nitrogens with zero attached hydrogens (tertiary/aromatic N) is 1. The molecule has 116 valence electrons. The lowest BCUT2D eigenvalue weighted by Crippen LogP contribution is -2.42. The molecule has 0 saturated carbocycles. The van der Waals surface area contributed by atoms with Gasteiger partial charge in [-0.2, -0.15) is 0 Å². The predicted octanol–water partition coefficient (Wildman–Crippen LogP) is 2.01. The molecule has 0 aromatic heterocycles. The molecule has 0 aliphatic rings. The fraction of sp³-hybridized carbons (Fsp3) is 0.467. The van der Waals surface area contributed by atoms with Crippen LogP contribution in [0.4, 0.5) is 0 Å². The first kappa shape index (κ1) is 17.3. The largest absolute Gasteiger partial charge is 0.483 e. The summed E-state index contributed by atoms with van der Waals surface area (Å²) in [5.41, 5.74) is 0.857. The molecule has 21 heavy (non-hydrogen) atoms. The number of nitrogens with one attached hydrogen (secondary N) is 1. The first-order valence-corrected chi connectivity index (χ1v) is 7.09. The monoisotopic (exact) mass is 312 g/mol. The SMILES string of the molecule is Cc1cc(Cl)ccc1OCC(=O)N(C)CC(=O)NC(C)C. The Hall–Kier alpha value is -1.75. The number of benzene rings is 1. The Labute approximate surface area is 130 Å². The Morgan fingerprint density at radius 3 is 2.62 bits per heavy atom. The van der Waals surface area contributed by atoms with Crippen molar-refractivity contribution in [3.63, 3.8) is 0 Å². The van der Waals surface area contributed by atoms with E-state index >= 15 is 0 Å². The zero-order valence-corrected chi connectivity index (χ0v) is 13.5. The van der Waals surface area contributed by atoms with E-state index in [9.17, 15) is 9.59 Å². The second-order valence-corrected chi connectivity index (χ2v) is 5.61. The molecule has 1 rings (SSSR count). The summed E-state index contributed by atoms with van der Waals surface area (Å²) in [6.07, 6.45) is 0. The van der Waals surface area contributed by atoms with E-state index in [2.05, 4.69) is 5.32 Å². The first-order chi connectivity index (χ1) is 9.79. The van der Waals surface area contributed by atoms with Crippen LogP contribution in [0.2, 0.25) is 5.02 Å². The number of amides is 2. The molecule has 1 aromatic carbocycles. The highest BCUT2D eigenvalue weighted by Crippen LogP contribution is 2.21. The third-order valence-electron chi connectivity index (χ3n) is 2.74. The molecule has 0 saturated heterocycles. The van der Waals surface area contributed by atoms with Crippen molar-refractivity contribution < 1.29 is 14.3 Å². The van der Waals surface area contributed by atoms with Crippen LogP contribution in [0.25, 0.3) is 0 Å². The normalized spacial score (nSPS) is 10.4. The number of ether oxygens (including phenoxy) is 1. The van der Waals surface area contributed by atoms with Crippen LogP contribution in [0.3, 0.4) is 0 Å². The standard InChI is InChI=1S/C15H21ClN2O3/c1-10(2)17-14(19)8-18(4)15(20)9-21-13-6-5-12(16)7-11(13)3/h5-7,10H,8-9H2,1-4H3,(H,17,19). The van der Waals surface area contributed by atoms with Gasteiger partial charge in [0.2, 0.25) is 5.91 Å². The highest BCUT2D eigenvalue weighted by Gasteiger charge is 2.14. The number of hydrogen-bond donors (Lipinski definition) is 1. The molecule has 0 unspecified atom stereocenters. The van der Waals surface area contributed by atoms with Gasteiger partial charge in [-0.25, -0.2) is 0 Å². The van der Waals surface area contributed by atoms with Crippen LogP contribution in [-0.2, 0) is 9.59 Å². The summed E-state index contributed by atoms with van der Waals surface area (Å²) in [6.45, 7) is 5.48. The smallest absolute Gasteiger partial charge is 0.260 e.